The van der Waals surface area contributed by atoms with Crippen LogP contribution >= 0.6 is 0 Å². The van der Waals surface area contributed by atoms with E-state index in [0.717, 1.165) is 25.0 Å². The SMILES string of the molecule is O=c1c2c(ncn2Cc2ccc(C(F)(F)F)cc2)n(-c2ccccc2)c(=O)n1CC1CC1. The molecule has 0 amide bonds. The monoisotopic (exact) mass is 440 g/mol. The van der Waals surface area contributed by atoms with E-state index < -0.39 is 23.0 Å². The molecule has 2 aromatic carbocycles. The third kappa shape index (κ3) is 3.63. The molecule has 1 saturated carbocycles. The first-order valence-corrected chi connectivity index (χ1v) is 10.2. The lowest BCUT2D eigenvalue weighted by Gasteiger charge is -2.13. The second kappa shape index (κ2) is 7.51. The molecule has 164 valence electrons. The first-order chi connectivity index (χ1) is 15.3. The smallest absolute Gasteiger partial charge is 0.320 e. The molecule has 0 bridgehead atoms. The lowest BCUT2D eigenvalue weighted by atomic mass is 10.1. The molecule has 9 heteroatoms. The number of hydrogen-bond donors (Lipinski definition) is 0. The van der Waals surface area contributed by atoms with E-state index in [1.54, 1.807) is 28.8 Å². The molecular formula is C23H19F3N4O2. The maximum absolute atomic E-state index is 13.3. The third-order valence-electron chi connectivity index (χ3n) is 5.69. The Morgan fingerprint density at radius 1 is 0.969 bits per heavy atom. The Bertz CT molecular complexity index is 1400. The van der Waals surface area contributed by atoms with Crippen molar-refractivity contribution in [3.8, 4) is 5.69 Å². The van der Waals surface area contributed by atoms with Crippen molar-refractivity contribution in [2.75, 3.05) is 0 Å². The van der Waals surface area contributed by atoms with Gasteiger partial charge in [-0.05, 0) is 48.6 Å². The van der Waals surface area contributed by atoms with Crippen molar-refractivity contribution in [1.29, 1.82) is 0 Å². The van der Waals surface area contributed by atoms with Crippen molar-refractivity contribution < 1.29 is 13.2 Å². The number of hydrogen-bond acceptors (Lipinski definition) is 3. The Kier molecular flexibility index (Phi) is 4.76. The molecule has 0 N–H and O–H groups in total. The summed E-state index contributed by atoms with van der Waals surface area (Å²) in [6, 6.07) is 13.7. The van der Waals surface area contributed by atoms with Gasteiger partial charge in [-0.1, -0.05) is 30.3 Å². The first kappa shape index (κ1) is 20.3. The van der Waals surface area contributed by atoms with Gasteiger partial charge in [0.05, 0.1) is 17.6 Å². The second-order valence-corrected chi connectivity index (χ2v) is 8.05. The van der Waals surface area contributed by atoms with Gasteiger partial charge in [0.1, 0.15) is 0 Å². The van der Waals surface area contributed by atoms with Gasteiger partial charge in [-0.25, -0.2) is 14.3 Å². The molecule has 0 aliphatic heterocycles. The maximum Gasteiger partial charge on any atom is 0.416 e. The third-order valence-corrected chi connectivity index (χ3v) is 5.69. The van der Waals surface area contributed by atoms with Crippen LogP contribution in [0.3, 0.4) is 0 Å². The van der Waals surface area contributed by atoms with Gasteiger partial charge in [-0.3, -0.25) is 9.36 Å². The second-order valence-electron chi connectivity index (χ2n) is 8.05. The van der Waals surface area contributed by atoms with Crippen LogP contribution in [-0.4, -0.2) is 18.7 Å². The molecule has 5 rings (SSSR count). The summed E-state index contributed by atoms with van der Waals surface area (Å²) in [6.45, 7) is 0.492. The van der Waals surface area contributed by atoms with Gasteiger partial charge in [0.15, 0.2) is 11.2 Å². The van der Waals surface area contributed by atoms with Crippen molar-refractivity contribution in [1.82, 2.24) is 18.7 Å². The summed E-state index contributed by atoms with van der Waals surface area (Å²) >= 11 is 0. The molecule has 1 fully saturated rings. The molecule has 0 unspecified atom stereocenters. The van der Waals surface area contributed by atoms with Gasteiger partial charge in [-0.15, -0.1) is 0 Å². The summed E-state index contributed by atoms with van der Waals surface area (Å²) in [7, 11) is 0. The Morgan fingerprint density at radius 2 is 1.66 bits per heavy atom. The molecule has 4 aromatic rings. The van der Waals surface area contributed by atoms with Gasteiger partial charge in [0.25, 0.3) is 5.56 Å². The molecular weight excluding hydrogens is 421 g/mol. The normalized spacial score (nSPS) is 14.2. The molecule has 2 aromatic heterocycles. The minimum absolute atomic E-state index is 0.153. The molecule has 1 aliphatic rings. The van der Waals surface area contributed by atoms with Crippen LogP contribution in [0.15, 0.2) is 70.5 Å². The zero-order chi connectivity index (χ0) is 22.5. The molecule has 0 saturated heterocycles. The lowest BCUT2D eigenvalue weighted by molar-refractivity contribution is -0.137. The molecule has 1 aliphatic carbocycles. The average Bonchev–Trinajstić information content (AvgIpc) is 3.50. The quantitative estimate of drug-likeness (QED) is 0.474. The van der Waals surface area contributed by atoms with Crippen LogP contribution in [0.2, 0.25) is 0 Å². The molecule has 32 heavy (non-hydrogen) atoms. The van der Waals surface area contributed by atoms with Crippen molar-refractivity contribution in [3.63, 3.8) is 0 Å². The van der Waals surface area contributed by atoms with E-state index in [0.29, 0.717) is 23.7 Å². The molecule has 0 atom stereocenters. The predicted molar refractivity (Wildman–Crippen MR) is 113 cm³/mol. The van der Waals surface area contributed by atoms with Gasteiger partial charge in [0.2, 0.25) is 0 Å². The summed E-state index contributed by atoms with van der Waals surface area (Å²) < 4.78 is 42.8. The van der Waals surface area contributed by atoms with Crippen molar-refractivity contribution >= 4 is 11.2 Å². The van der Waals surface area contributed by atoms with Crippen LogP contribution in [0.1, 0.15) is 24.0 Å². The van der Waals surface area contributed by atoms with Crippen molar-refractivity contribution in [2.24, 2.45) is 5.92 Å². The molecule has 0 spiro atoms. The minimum Gasteiger partial charge on any atom is -0.320 e. The largest absolute Gasteiger partial charge is 0.416 e. The van der Waals surface area contributed by atoms with Crippen LogP contribution in [0.5, 0.6) is 0 Å². The van der Waals surface area contributed by atoms with E-state index in [4.69, 9.17) is 0 Å². The number of alkyl halides is 3. The van der Waals surface area contributed by atoms with Gasteiger partial charge >= 0.3 is 11.9 Å². The summed E-state index contributed by atoms with van der Waals surface area (Å²) in [6.07, 6.45) is -1.02. The Hall–Kier alpha value is -3.62. The van der Waals surface area contributed by atoms with E-state index in [9.17, 15) is 22.8 Å². The highest BCUT2D eigenvalue weighted by atomic mass is 19.4. The molecule has 6 nitrogen and oxygen atoms in total. The van der Waals surface area contributed by atoms with Crippen LogP contribution in [0.25, 0.3) is 16.9 Å². The van der Waals surface area contributed by atoms with Gasteiger partial charge in [-0.2, -0.15) is 13.2 Å². The minimum atomic E-state index is -4.41. The summed E-state index contributed by atoms with van der Waals surface area (Å²) in [5.74, 6) is 0.299. The van der Waals surface area contributed by atoms with Crippen LogP contribution in [0.4, 0.5) is 13.2 Å². The van der Waals surface area contributed by atoms with Gasteiger partial charge < -0.3 is 4.57 Å². The summed E-state index contributed by atoms with van der Waals surface area (Å²) in [5.41, 5.74) is 0.0317. The fraction of sp³-hybridized carbons (Fsp3) is 0.261. The topological polar surface area (TPSA) is 61.8 Å². The van der Waals surface area contributed by atoms with Crippen LogP contribution in [-0.2, 0) is 19.3 Å². The van der Waals surface area contributed by atoms with Crippen molar-refractivity contribution in [2.45, 2.75) is 32.1 Å². The first-order valence-electron chi connectivity index (χ1n) is 10.2. The summed E-state index contributed by atoms with van der Waals surface area (Å²) in [4.78, 5) is 30.9. The fourth-order valence-electron chi connectivity index (χ4n) is 3.82. The van der Waals surface area contributed by atoms with E-state index in [2.05, 4.69) is 4.98 Å². The number of para-hydroxylation sites is 1. The van der Waals surface area contributed by atoms with Crippen LogP contribution in [0, 0.1) is 5.92 Å². The molecule has 2 heterocycles. The Morgan fingerprint density at radius 3 is 2.28 bits per heavy atom. The van der Waals surface area contributed by atoms with E-state index in [1.807, 2.05) is 6.07 Å². The zero-order valence-electron chi connectivity index (χ0n) is 16.9. The van der Waals surface area contributed by atoms with Gasteiger partial charge in [0, 0.05) is 13.1 Å². The fourth-order valence-corrected chi connectivity index (χ4v) is 3.82. The zero-order valence-corrected chi connectivity index (χ0v) is 16.9. The van der Waals surface area contributed by atoms with Crippen molar-refractivity contribution in [3.05, 3.63) is 92.9 Å². The molecule has 0 radical (unpaired) electrons. The summed E-state index contributed by atoms with van der Waals surface area (Å²) in [5, 5.41) is 0. The van der Waals surface area contributed by atoms with E-state index >= 15 is 0 Å². The van der Waals surface area contributed by atoms with Crippen LogP contribution < -0.4 is 11.2 Å². The number of imidazole rings is 1. The average molecular weight is 440 g/mol. The van der Waals surface area contributed by atoms with E-state index in [1.165, 1.54) is 27.6 Å². The maximum atomic E-state index is 13.3. The number of nitrogens with zero attached hydrogens (tertiary/aromatic N) is 4. The number of halogens is 3. The predicted octanol–water partition coefficient (Wildman–Crippen LogP) is 3.83. The highest BCUT2D eigenvalue weighted by Crippen LogP contribution is 2.30. The Balaban J connectivity index is 1.65. The standard InChI is InChI=1S/C23H19F3N4O2/c24-23(25,26)17-10-8-15(9-11-17)12-28-14-27-20-19(28)21(31)29(13-16-6-7-16)22(32)30(20)18-4-2-1-3-5-18/h1-5,8-11,14,16H,6-7,12-13H2. The van der Waals surface area contributed by atoms with E-state index in [-0.39, 0.29) is 17.7 Å². The number of aromatic nitrogens is 4. The highest BCUT2D eigenvalue weighted by molar-refractivity contribution is 5.72. The number of benzene rings is 2. The number of rotatable bonds is 5. The number of fused-ring (bicyclic) bond motifs is 1. The highest BCUT2D eigenvalue weighted by Gasteiger charge is 2.30. The lowest BCUT2D eigenvalue weighted by Crippen LogP contribution is -2.40. The Labute approximate surface area is 180 Å².